The van der Waals surface area contributed by atoms with Gasteiger partial charge in [0.15, 0.2) is 0 Å². The fourth-order valence-electron chi connectivity index (χ4n) is 0.849. The molecular formula is C10H21NO4. The molecular weight excluding hydrogens is 198 g/mol. The molecule has 1 N–H and O–H groups in total. The predicted molar refractivity (Wildman–Crippen MR) is 57.5 cm³/mol. The van der Waals surface area contributed by atoms with Crippen LogP contribution in [0.4, 0.5) is 0 Å². The lowest BCUT2D eigenvalue weighted by Crippen LogP contribution is -2.26. The van der Waals surface area contributed by atoms with Gasteiger partial charge in [-0.3, -0.25) is 4.79 Å². The van der Waals surface area contributed by atoms with Crippen LogP contribution in [0.1, 0.15) is 27.7 Å². The van der Waals surface area contributed by atoms with Crippen LogP contribution in [0.5, 0.6) is 0 Å². The number of esters is 1. The number of hydrogen-bond donors (Lipinski definition) is 1. The fourth-order valence-corrected chi connectivity index (χ4v) is 0.849. The van der Waals surface area contributed by atoms with Gasteiger partial charge in [0.1, 0.15) is 12.7 Å². The molecule has 0 rings (SSSR count). The van der Waals surface area contributed by atoms with Gasteiger partial charge in [-0.25, -0.2) is 4.79 Å². The SMILES string of the molecule is C.CCOCC(=O)OC(C)CC(=O)NC. The van der Waals surface area contributed by atoms with Crippen molar-refractivity contribution in [3.63, 3.8) is 0 Å². The molecule has 0 saturated carbocycles. The van der Waals surface area contributed by atoms with Crippen LogP contribution in [0.2, 0.25) is 0 Å². The van der Waals surface area contributed by atoms with Crippen molar-refractivity contribution in [1.29, 1.82) is 0 Å². The molecule has 0 aliphatic rings. The van der Waals surface area contributed by atoms with E-state index < -0.39 is 12.1 Å². The van der Waals surface area contributed by atoms with Gasteiger partial charge in [-0.15, -0.1) is 0 Å². The molecule has 1 amide bonds. The van der Waals surface area contributed by atoms with Crippen LogP contribution in [0.15, 0.2) is 0 Å². The number of carbonyl (C=O) groups excluding carboxylic acids is 2. The van der Waals surface area contributed by atoms with Gasteiger partial charge in [-0.2, -0.15) is 0 Å². The first-order chi connectivity index (χ1) is 6.60. The number of amides is 1. The third-order valence-electron chi connectivity index (χ3n) is 1.51. The molecule has 0 heterocycles. The Morgan fingerprint density at radius 1 is 1.40 bits per heavy atom. The van der Waals surface area contributed by atoms with E-state index in [-0.39, 0.29) is 26.4 Å². The van der Waals surface area contributed by atoms with E-state index >= 15 is 0 Å². The summed E-state index contributed by atoms with van der Waals surface area (Å²) < 4.78 is 9.75. The van der Waals surface area contributed by atoms with Crippen LogP contribution in [0.25, 0.3) is 0 Å². The quantitative estimate of drug-likeness (QED) is 0.669. The highest BCUT2D eigenvalue weighted by Gasteiger charge is 2.12. The van der Waals surface area contributed by atoms with E-state index in [1.54, 1.807) is 13.8 Å². The molecule has 5 nitrogen and oxygen atoms in total. The van der Waals surface area contributed by atoms with E-state index in [0.29, 0.717) is 6.61 Å². The lowest BCUT2D eigenvalue weighted by Gasteiger charge is -2.11. The van der Waals surface area contributed by atoms with Gasteiger partial charge in [0.25, 0.3) is 0 Å². The topological polar surface area (TPSA) is 64.6 Å². The second-order valence-corrected chi connectivity index (χ2v) is 2.81. The van der Waals surface area contributed by atoms with Gasteiger partial charge in [-0.05, 0) is 13.8 Å². The molecule has 15 heavy (non-hydrogen) atoms. The zero-order valence-corrected chi connectivity index (χ0v) is 8.83. The van der Waals surface area contributed by atoms with Crippen LogP contribution in [-0.2, 0) is 19.1 Å². The average Bonchev–Trinajstić information content (AvgIpc) is 2.14. The molecule has 90 valence electrons. The van der Waals surface area contributed by atoms with Crippen molar-refractivity contribution in [2.24, 2.45) is 0 Å². The largest absolute Gasteiger partial charge is 0.460 e. The van der Waals surface area contributed by atoms with Crippen molar-refractivity contribution >= 4 is 11.9 Å². The summed E-state index contributed by atoms with van der Waals surface area (Å²) >= 11 is 0. The highest BCUT2D eigenvalue weighted by Crippen LogP contribution is 1.97. The summed E-state index contributed by atoms with van der Waals surface area (Å²) in [6.07, 6.45) is -0.239. The average molecular weight is 219 g/mol. The van der Waals surface area contributed by atoms with Crippen molar-refractivity contribution in [2.75, 3.05) is 20.3 Å². The summed E-state index contributed by atoms with van der Waals surface area (Å²) in [6.45, 7) is 3.87. The van der Waals surface area contributed by atoms with Crippen molar-refractivity contribution < 1.29 is 19.1 Å². The summed E-state index contributed by atoms with van der Waals surface area (Å²) in [5.74, 6) is -0.593. The molecule has 0 aromatic rings. The van der Waals surface area contributed by atoms with E-state index in [1.165, 1.54) is 7.05 Å². The van der Waals surface area contributed by atoms with Crippen LogP contribution in [0, 0.1) is 0 Å². The first kappa shape index (κ1) is 16.3. The summed E-state index contributed by atoms with van der Waals surface area (Å²) in [6, 6.07) is 0. The molecule has 0 fully saturated rings. The van der Waals surface area contributed by atoms with Gasteiger partial charge in [0, 0.05) is 13.7 Å². The molecule has 1 unspecified atom stereocenters. The smallest absolute Gasteiger partial charge is 0.332 e. The van der Waals surface area contributed by atoms with Gasteiger partial charge >= 0.3 is 5.97 Å². The number of nitrogens with one attached hydrogen (secondary N) is 1. The predicted octanol–water partition coefficient (Wildman–Crippen LogP) is 0.727. The molecule has 0 aliphatic heterocycles. The maximum Gasteiger partial charge on any atom is 0.332 e. The van der Waals surface area contributed by atoms with Crippen molar-refractivity contribution in [2.45, 2.75) is 33.8 Å². The lowest BCUT2D eigenvalue weighted by molar-refractivity contribution is -0.154. The molecule has 0 spiro atoms. The second kappa shape index (κ2) is 9.45. The van der Waals surface area contributed by atoms with Crippen LogP contribution in [0.3, 0.4) is 0 Å². The Morgan fingerprint density at radius 3 is 2.47 bits per heavy atom. The summed E-state index contributed by atoms with van der Waals surface area (Å²) in [7, 11) is 1.54. The summed E-state index contributed by atoms with van der Waals surface area (Å²) in [5.41, 5.74) is 0. The number of ether oxygens (including phenoxy) is 2. The van der Waals surface area contributed by atoms with Crippen molar-refractivity contribution in [3.8, 4) is 0 Å². The second-order valence-electron chi connectivity index (χ2n) is 2.81. The molecule has 0 radical (unpaired) electrons. The maximum absolute atomic E-state index is 11.0. The lowest BCUT2D eigenvalue weighted by atomic mass is 10.3. The number of rotatable bonds is 6. The van der Waals surface area contributed by atoms with Crippen LogP contribution >= 0.6 is 0 Å². The Bertz CT molecular complexity index is 194. The van der Waals surface area contributed by atoms with Gasteiger partial charge in [-0.1, -0.05) is 7.43 Å². The molecule has 0 aromatic carbocycles. The zero-order valence-electron chi connectivity index (χ0n) is 8.83. The molecule has 0 saturated heterocycles. The Hall–Kier alpha value is -1.10. The molecule has 1 atom stereocenters. The first-order valence-corrected chi connectivity index (χ1v) is 4.58. The Morgan fingerprint density at radius 2 is 2.00 bits per heavy atom. The fraction of sp³-hybridized carbons (Fsp3) is 0.800. The summed E-state index contributed by atoms with van der Waals surface area (Å²) in [5, 5.41) is 2.45. The number of carbonyl (C=O) groups is 2. The van der Waals surface area contributed by atoms with Gasteiger partial charge in [0.2, 0.25) is 5.91 Å². The zero-order chi connectivity index (χ0) is 11.0. The van der Waals surface area contributed by atoms with Crippen molar-refractivity contribution in [1.82, 2.24) is 5.32 Å². The van der Waals surface area contributed by atoms with Crippen molar-refractivity contribution in [3.05, 3.63) is 0 Å². The minimum Gasteiger partial charge on any atom is -0.460 e. The molecule has 5 heteroatoms. The third-order valence-corrected chi connectivity index (χ3v) is 1.51. The maximum atomic E-state index is 11.0. The van der Waals surface area contributed by atoms with Crippen LogP contribution < -0.4 is 5.32 Å². The molecule has 0 bridgehead atoms. The Balaban J connectivity index is 0. The van der Waals surface area contributed by atoms with E-state index in [9.17, 15) is 9.59 Å². The highest BCUT2D eigenvalue weighted by molar-refractivity contribution is 5.77. The summed E-state index contributed by atoms with van der Waals surface area (Å²) in [4.78, 5) is 21.9. The van der Waals surface area contributed by atoms with E-state index in [2.05, 4.69) is 5.32 Å². The van der Waals surface area contributed by atoms with E-state index in [4.69, 9.17) is 9.47 Å². The van der Waals surface area contributed by atoms with E-state index in [0.717, 1.165) is 0 Å². The molecule has 0 aromatic heterocycles. The Labute approximate surface area is 91.1 Å². The third kappa shape index (κ3) is 9.21. The molecule has 0 aliphatic carbocycles. The van der Waals surface area contributed by atoms with Gasteiger partial charge in [0.05, 0.1) is 6.42 Å². The van der Waals surface area contributed by atoms with Gasteiger partial charge < -0.3 is 14.8 Å². The number of hydrogen-bond acceptors (Lipinski definition) is 4. The first-order valence-electron chi connectivity index (χ1n) is 4.58. The minimum absolute atomic E-state index is 0. The standard InChI is InChI=1S/C9H17NO4.CH4/c1-4-13-6-9(12)14-7(2)5-8(11)10-3;/h7H,4-6H2,1-3H3,(H,10,11);1H4. The van der Waals surface area contributed by atoms with Crippen LogP contribution in [-0.4, -0.2) is 38.2 Å². The normalized spacial score (nSPS) is 11.1. The highest BCUT2D eigenvalue weighted by atomic mass is 16.6. The minimum atomic E-state index is -0.441. The van der Waals surface area contributed by atoms with E-state index in [1.807, 2.05) is 0 Å². The monoisotopic (exact) mass is 219 g/mol. The Kier molecular flexibility index (Phi) is 10.3.